The number of hydrogen-bond donors (Lipinski definition) is 2. The number of allylic oxidation sites excluding steroid dienone is 2. The summed E-state index contributed by atoms with van der Waals surface area (Å²) in [5.74, 6) is 0.473. The number of aromatic amines is 1. The molecule has 0 radical (unpaired) electrons. The molecule has 1 aromatic carbocycles. The van der Waals surface area contributed by atoms with Gasteiger partial charge in [0.2, 0.25) is 0 Å². The van der Waals surface area contributed by atoms with E-state index in [0.717, 1.165) is 64.1 Å². The first-order chi connectivity index (χ1) is 20.0. The highest BCUT2D eigenvalue weighted by Gasteiger charge is 2.20. The Balaban J connectivity index is 0.00000189. The van der Waals surface area contributed by atoms with Gasteiger partial charge in [0.15, 0.2) is 0 Å². The van der Waals surface area contributed by atoms with Gasteiger partial charge in [0.05, 0.1) is 5.69 Å². The van der Waals surface area contributed by atoms with Crippen LogP contribution in [0.25, 0.3) is 16.7 Å². The van der Waals surface area contributed by atoms with Crippen LogP contribution in [0, 0.1) is 32.5 Å². The van der Waals surface area contributed by atoms with Gasteiger partial charge in [-0.1, -0.05) is 25.2 Å². The average molecular weight is 568 g/mol. The van der Waals surface area contributed by atoms with Crippen molar-refractivity contribution in [1.82, 2.24) is 19.9 Å². The Kier molecular flexibility index (Phi) is 10.3. The topological polar surface area (TPSA) is 56.8 Å². The number of piperidine rings is 1. The Morgan fingerprint density at radius 2 is 1.93 bits per heavy atom. The summed E-state index contributed by atoms with van der Waals surface area (Å²) in [6.07, 6.45) is 19.5. The Labute approximate surface area is 247 Å². The quantitative estimate of drug-likeness (QED) is 0.160. The van der Waals surface area contributed by atoms with Gasteiger partial charge < -0.3 is 10.3 Å². The molecule has 0 amide bonds. The summed E-state index contributed by atoms with van der Waals surface area (Å²) < 4.78 is 16.2. The molecule has 1 saturated heterocycles. The fourth-order valence-corrected chi connectivity index (χ4v) is 6.25. The molecule has 212 valence electrons. The van der Waals surface area contributed by atoms with E-state index in [9.17, 15) is 0 Å². The van der Waals surface area contributed by atoms with Crippen LogP contribution in [0.5, 0.6) is 0 Å². The number of rotatable bonds is 9. The summed E-state index contributed by atoms with van der Waals surface area (Å²) in [6.45, 7) is 11.1. The number of aryl methyl sites for hydroxylation is 2. The fraction of sp³-hybridized carbons (Fsp3) is 0.294. The lowest BCUT2D eigenvalue weighted by Crippen LogP contribution is -2.29. The molecule has 0 aliphatic carbocycles. The van der Waals surface area contributed by atoms with Gasteiger partial charge in [-0.05, 0) is 75.7 Å². The fourth-order valence-electron chi connectivity index (χ4n) is 5.36. The van der Waals surface area contributed by atoms with Crippen LogP contribution in [-0.2, 0) is 13.0 Å². The molecule has 7 heteroatoms. The van der Waals surface area contributed by atoms with Crippen LogP contribution in [0.2, 0.25) is 0 Å². The highest BCUT2D eigenvalue weighted by Crippen LogP contribution is 2.33. The maximum atomic E-state index is 16.2. The zero-order valence-electron chi connectivity index (χ0n) is 24.1. The number of pyridine rings is 1. The maximum Gasteiger partial charge on any atom is 0.136 e. The summed E-state index contributed by atoms with van der Waals surface area (Å²) >= 11 is 1.72. The largest absolute Gasteiger partial charge is 0.388 e. The van der Waals surface area contributed by atoms with E-state index in [2.05, 4.69) is 64.7 Å². The van der Waals surface area contributed by atoms with E-state index < -0.39 is 0 Å². The number of aromatic nitrogens is 3. The molecule has 0 spiro atoms. The molecule has 0 atom stereocenters. The minimum Gasteiger partial charge on any atom is -0.388 e. The lowest BCUT2D eigenvalue weighted by atomic mass is 9.98. The van der Waals surface area contributed by atoms with Crippen LogP contribution in [0.15, 0.2) is 61.5 Å². The monoisotopic (exact) mass is 567 g/mol. The highest BCUT2D eigenvalue weighted by molar-refractivity contribution is 7.13. The van der Waals surface area contributed by atoms with Gasteiger partial charge in [-0.15, -0.1) is 24.2 Å². The summed E-state index contributed by atoms with van der Waals surface area (Å²) in [6, 6.07) is 10.1. The van der Waals surface area contributed by atoms with Crippen LogP contribution in [0.4, 0.5) is 10.1 Å². The first kappa shape index (κ1) is 30.0. The van der Waals surface area contributed by atoms with Crippen LogP contribution in [0.3, 0.4) is 0 Å². The van der Waals surface area contributed by atoms with Crippen molar-refractivity contribution in [3.05, 3.63) is 105 Å². The van der Waals surface area contributed by atoms with Crippen LogP contribution < -0.4 is 5.32 Å². The predicted octanol–water partition coefficient (Wildman–Crippen LogP) is 7.77. The van der Waals surface area contributed by atoms with Crippen molar-refractivity contribution >= 4 is 22.6 Å². The molecule has 0 unspecified atom stereocenters. The SMILES string of the molecule is C#C.C=C/C=C(/c1ccc(C)s1)c1nc(Cc2c(NC)ccc(-c3cncc(CN4CCCCC4)c3)c2F)[nH]c1C. The lowest BCUT2D eigenvalue weighted by Gasteiger charge is -2.26. The molecule has 1 fully saturated rings. The Bertz CT molecular complexity index is 1540. The Morgan fingerprint density at radius 3 is 2.61 bits per heavy atom. The van der Waals surface area contributed by atoms with Gasteiger partial charge >= 0.3 is 0 Å². The third kappa shape index (κ3) is 7.02. The van der Waals surface area contributed by atoms with Crippen molar-refractivity contribution in [2.45, 2.75) is 46.1 Å². The molecular formula is C34H38FN5S. The maximum absolute atomic E-state index is 16.2. The lowest BCUT2D eigenvalue weighted by molar-refractivity contribution is 0.220. The number of nitrogens with zero attached hydrogens (tertiary/aromatic N) is 3. The molecule has 3 aromatic heterocycles. The second-order valence-electron chi connectivity index (χ2n) is 10.2. The number of likely N-dealkylation sites (tertiary alicyclic amines) is 1. The first-order valence-corrected chi connectivity index (χ1v) is 14.7. The molecule has 5 nitrogen and oxygen atoms in total. The molecule has 2 N–H and O–H groups in total. The van der Waals surface area contributed by atoms with Crippen LogP contribution >= 0.6 is 11.3 Å². The van der Waals surface area contributed by atoms with E-state index >= 15 is 4.39 Å². The van der Waals surface area contributed by atoms with E-state index in [0.29, 0.717) is 17.5 Å². The standard InChI is InChI=1S/C32H36FN5S.C2H2/c1-5-9-26(29-13-10-21(2)39-29)32-22(3)36-30(37-32)17-27-28(34-4)12-11-25(31(27)33)24-16-23(18-35-19-24)20-38-14-7-6-8-15-38;1-2/h5,9-13,16,18-19,34H,1,6-8,14-15,17,20H2,2-4H3,(H,36,37);1-2H/b26-9-;. The minimum atomic E-state index is -0.245. The van der Waals surface area contributed by atoms with E-state index in [4.69, 9.17) is 4.98 Å². The summed E-state index contributed by atoms with van der Waals surface area (Å²) in [4.78, 5) is 17.6. The molecule has 5 rings (SSSR count). The second-order valence-corrected chi connectivity index (χ2v) is 11.5. The van der Waals surface area contributed by atoms with Crippen molar-refractivity contribution < 1.29 is 4.39 Å². The third-order valence-corrected chi connectivity index (χ3v) is 8.33. The van der Waals surface area contributed by atoms with Crippen LogP contribution in [-0.4, -0.2) is 40.0 Å². The van der Waals surface area contributed by atoms with E-state index in [1.807, 2.05) is 38.4 Å². The highest BCUT2D eigenvalue weighted by atomic mass is 32.1. The summed E-state index contributed by atoms with van der Waals surface area (Å²) in [5.41, 5.74) is 6.63. The zero-order chi connectivity index (χ0) is 29.4. The number of imidazole rings is 1. The summed E-state index contributed by atoms with van der Waals surface area (Å²) in [5, 5.41) is 3.17. The first-order valence-electron chi connectivity index (χ1n) is 13.9. The second kappa shape index (κ2) is 14.1. The third-order valence-electron chi connectivity index (χ3n) is 7.30. The van der Waals surface area contributed by atoms with Crippen molar-refractivity contribution in [2.24, 2.45) is 0 Å². The number of H-pyrrole nitrogens is 1. The van der Waals surface area contributed by atoms with E-state index in [1.54, 1.807) is 23.6 Å². The van der Waals surface area contributed by atoms with Crippen molar-refractivity contribution in [3.8, 4) is 24.0 Å². The molecule has 4 aromatic rings. The number of halogens is 1. The van der Waals surface area contributed by atoms with Gasteiger partial charge in [-0.3, -0.25) is 9.88 Å². The molecule has 41 heavy (non-hydrogen) atoms. The number of thiophene rings is 1. The normalized spacial score (nSPS) is 13.9. The Hall–Kier alpha value is -3.99. The molecule has 1 aliphatic heterocycles. The molecule has 4 heterocycles. The Morgan fingerprint density at radius 1 is 1.15 bits per heavy atom. The van der Waals surface area contributed by atoms with Gasteiger partial charge in [-0.2, -0.15) is 0 Å². The van der Waals surface area contributed by atoms with E-state index in [1.165, 1.54) is 24.1 Å². The van der Waals surface area contributed by atoms with Gasteiger partial charge in [0, 0.05) is 75.8 Å². The minimum absolute atomic E-state index is 0.245. The van der Waals surface area contributed by atoms with Crippen LogP contribution in [0.1, 0.15) is 57.4 Å². The molecular weight excluding hydrogens is 529 g/mol. The zero-order valence-corrected chi connectivity index (χ0v) is 25.0. The van der Waals surface area contributed by atoms with Gasteiger partial charge in [0.25, 0.3) is 0 Å². The van der Waals surface area contributed by atoms with Gasteiger partial charge in [-0.25, -0.2) is 9.37 Å². The van der Waals surface area contributed by atoms with Gasteiger partial charge in [0.1, 0.15) is 11.6 Å². The number of benzene rings is 1. The van der Waals surface area contributed by atoms with E-state index in [-0.39, 0.29) is 5.82 Å². The number of terminal acetylenes is 1. The van der Waals surface area contributed by atoms with Crippen molar-refractivity contribution in [2.75, 3.05) is 25.5 Å². The van der Waals surface area contributed by atoms with Crippen molar-refractivity contribution in [3.63, 3.8) is 0 Å². The molecule has 0 saturated carbocycles. The number of anilines is 1. The molecule has 1 aliphatic rings. The summed E-state index contributed by atoms with van der Waals surface area (Å²) in [7, 11) is 1.82. The smallest absolute Gasteiger partial charge is 0.136 e. The number of nitrogens with one attached hydrogen (secondary N) is 2. The van der Waals surface area contributed by atoms with Crippen molar-refractivity contribution in [1.29, 1.82) is 0 Å². The average Bonchev–Trinajstić information content (AvgIpc) is 3.59. The molecule has 0 bridgehead atoms. The number of hydrogen-bond acceptors (Lipinski definition) is 5. The predicted molar refractivity (Wildman–Crippen MR) is 171 cm³/mol.